The second-order valence-corrected chi connectivity index (χ2v) is 5.02. The lowest BCUT2D eigenvalue weighted by Crippen LogP contribution is -2.44. The number of aliphatic carboxylic acids is 1. The van der Waals surface area contributed by atoms with Crippen LogP contribution >= 0.6 is 0 Å². The Labute approximate surface area is 112 Å². The number of nitrogens with one attached hydrogen (secondary N) is 1. The zero-order valence-corrected chi connectivity index (χ0v) is 11.6. The summed E-state index contributed by atoms with van der Waals surface area (Å²) in [7, 11) is 0. The van der Waals surface area contributed by atoms with Crippen LogP contribution < -0.4 is 5.32 Å². The summed E-state index contributed by atoms with van der Waals surface area (Å²) in [6.45, 7) is 5.65. The molecule has 7 nitrogen and oxygen atoms in total. The van der Waals surface area contributed by atoms with Crippen LogP contribution in [0.1, 0.15) is 33.6 Å². The minimum absolute atomic E-state index is 0.0263. The van der Waals surface area contributed by atoms with Gasteiger partial charge in [0.1, 0.15) is 11.6 Å². The molecule has 0 fully saturated rings. The van der Waals surface area contributed by atoms with Crippen LogP contribution in [0.4, 0.5) is 4.79 Å². The Morgan fingerprint density at radius 2 is 1.89 bits per heavy atom. The molecule has 0 aromatic rings. The molecule has 0 aliphatic rings. The molecule has 0 bridgehead atoms. The van der Waals surface area contributed by atoms with Crippen LogP contribution in [0.3, 0.4) is 0 Å². The Bertz CT molecular complexity index is 286. The van der Waals surface area contributed by atoms with E-state index in [1.165, 1.54) is 0 Å². The van der Waals surface area contributed by atoms with E-state index in [1.54, 1.807) is 20.8 Å². The van der Waals surface area contributed by atoms with Crippen molar-refractivity contribution in [2.45, 2.75) is 45.3 Å². The summed E-state index contributed by atoms with van der Waals surface area (Å²) in [5.74, 6) is -1.14. The van der Waals surface area contributed by atoms with E-state index in [0.29, 0.717) is 13.0 Å². The fourth-order valence-electron chi connectivity index (χ4n) is 1.18. The van der Waals surface area contributed by atoms with Crippen molar-refractivity contribution in [1.82, 2.24) is 5.32 Å². The van der Waals surface area contributed by atoms with E-state index < -0.39 is 23.7 Å². The minimum Gasteiger partial charge on any atom is -0.480 e. The molecule has 19 heavy (non-hydrogen) atoms. The summed E-state index contributed by atoms with van der Waals surface area (Å²) in [6.07, 6.45) is -0.132. The third kappa shape index (κ3) is 10.3. The van der Waals surface area contributed by atoms with E-state index in [1.807, 2.05) is 0 Å². The number of carbonyl (C=O) groups is 2. The molecule has 3 N–H and O–H groups in total. The van der Waals surface area contributed by atoms with Gasteiger partial charge in [0.05, 0.1) is 0 Å². The molecular formula is C12H23NO6. The lowest BCUT2D eigenvalue weighted by atomic mass is 10.2. The summed E-state index contributed by atoms with van der Waals surface area (Å²) in [6, 6.07) is -1.05. The number of rotatable bonds is 8. The number of ether oxygens (including phenoxy) is 2. The summed E-state index contributed by atoms with van der Waals surface area (Å²) < 4.78 is 10.1. The van der Waals surface area contributed by atoms with Crippen molar-refractivity contribution in [3.05, 3.63) is 0 Å². The molecule has 0 aliphatic heterocycles. The SMILES string of the molecule is CC(C)(C)OC(=O)NC(CCOCCCO)C(=O)O. The van der Waals surface area contributed by atoms with Crippen LogP contribution in [0.25, 0.3) is 0 Å². The molecule has 0 aromatic carbocycles. The number of alkyl carbamates (subject to hydrolysis) is 1. The highest BCUT2D eigenvalue weighted by Gasteiger charge is 2.23. The molecule has 112 valence electrons. The summed E-state index contributed by atoms with van der Waals surface area (Å²) >= 11 is 0. The van der Waals surface area contributed by atoms with Crippen molar-refractivity contribution >= 4 is 12.1 Å². The molecule has 1 unspecified atom stereocenters. The normalized spacial score (nSPS) is 12.8. The molecule has 0 aromatic heterocycles. The maximum atomic E-state index is 11.4. The van der Waals surface area contributed by atoms with Gasteiger partial charge < -0.3 is 25.0 Å². The van der Waals surface area contributed by atoms with Gasteiger partial charge in [-0.15, -0.1) is 0 Å². The molecule has 7 heteroatoms. The zero-order chi connectivity index (χ0) is 14.9. The maximum Gasteiger partial charge on any atom is 0.408 e. The lowest BCUT2D eigenvalue weighted by molar-refractivity contribution is -0.140. The lowest BCUT2D eigenvalue weighted by Gasteiger charge is -2.22. The van der Waals surface area contributed by atoms with E-state index in [-0.39, 0.29) is 19.6 Å². The predicted octanol–water partition coefficient (Wildman–Crippen LogP) is 0.753. The molecule has 0 saturated heterocycles. The fourth-order valence-corrected chi connectivity index (χ4v) is 1.18. The monoisotopic (exact) mass is 277 g/mol. The van der Waals surface area contributed by atoms with Crippen molar-refractivity contribution in [2.75, 3.05) is 19.8 Å². The molecular weight excluding hydrogens is 254 g/mol. The van der Waals surface area contributed by atoms with Gasteiger partial charge in [0, 0.05) is 26.2 Å². The Kier molecular flexibility index (Phi) is 8.09. The van der Waals surface area contributed by atoms with Crippen molar-refractivity contribution in [3.63, 3.8) is 0 Å². The van der Waals surface area contributed by atoms with E-state index in [2.05, 4.69) is 5.32 Å². The maximum absolute atomic E-state index is 11.4. The highest BCUT2D eigenvalue weighted by atomic mass is 16.6. The molecule has 0 rings (SSSR count). The van der Waals surface area contributed by atoms with E-state index in [4.69, 9.17) is 19.7 Å². The first-order chi connectivity index (χ1) is 8.76. The smallest absolute Gasteiger partial charge is 0.408 e. The Balaban J connectivity index is 4.05. The average Bonchev–Trinajstić information content (AvgIpc) is 2.24. The molecule has 1 amide bonds. The minimum atomic E-state index is -1.14. The van der Waals surface area contributed by atoms with E-state index in [9.17, 15) is 9.59 Å². The molecule has 0 heterocycles. The highest BCUT2D eigenvalue weighted by Crippen LogP contribution is 2.07. The van der Waals surface area contributed by atoms with Gasteiger partial charge in [-0.2, -0.15) is 0 Å². The first-order valence-electron chi connectivity index (χ1n) is 6.17. The summed E-state index contributed by atoms with van der Waals surface area (Å²) in [5, 5.41) is 19.8. The quantitative estimate of drug-likeness (QED) is 0.565. The number of aliphatic hydroxyl groups is 1. The topological polar surface area (TPSA) is 105 Å². The number of hydrogen-bond donors (Lipinski definition) is 3. The second kappa shape index (κ2) is 8.71. The summed E-state index contributed by atoms with van der Waals surface area (Å²) in [5.41, 5.74) is -0.676. The number of hydrogen-bond acceptors (Lipinski definition) is 5. The van der Waals surface area contributed by atoms with E-state index >= 15 is 0 Å². The van der Waals surface area contributed by atoms with Gasteiger partial charge in [0.25, 0.3) is 0 Å². The fraction of sp³-hybridized carbons (Fsp3) is 0.833. The molecule has 1 atom stereocenters. The third-order valence-electron chi connectivity index (χ3n) is 1.99. The zero-order valence-electron chi connectivity index (χ0n) is 11.6. The van der Waals surface area contributed by atoms with E-state index in [0.717, 1.165) is 0 Å². The third-order valence-corrected chi connectivity index (χ3v) is 1.99. The van der Waals surface area contributed by atoms with Gasteiger partial charge in [-0.3, -0.25) is 0 Å². The van der Waals surface area contributed by atoms with Crippen LogP contribution in [0, 0.1) is 0 Å². The number of carboxylic acids is 1. The summed E-state index contributed by atoms with van der Waals surface area (Å²) in [4.78, 5) is 22.4. The molecule has 0 saturated carbocycles. The van der Waals surface area contributed by atoms with Gasteiger partial charge >= 0.3 is 12.1 Å². The molecule has 0 aliphatic carbocycles. The first kappa shape index (κ1) is 17.7. The van der Waals surface area contributed by atoms with Crippen LogP contribution in [0.5, 0.6) is 0 Å². The molecule has 0 spiro atoms. The Morgan fingerprint density at radius 1 is 1.26 bits per heavy atom. The number of carbonyl (C=O) groups excluding carboxylic acids is 1. The van der Waals surface area contributed by atoms with Crippen LogP contribution in [-0.4, -0.2) is 53.7 Å². The van der Waals surface area contributed by atoms with Crippen molar-refractivity contribution in [2.24, 2.45) is 0 Å². The first-order valence-corrected chi connectivity index (χ1v) is 6.17. The number of amides is 1. The van der Waals surface area contributed by atoms with Gasteiger partial charge in [-0.1, -0.05) is 0 Å². The number of aliphatic hydroxyl groups excluding tert-OH is 1. The van der Waals surface area contributed by atoms with Crippen LogP contribution in [-0.2, 0) is 14.3 Å². The Morgan fingerprint density at radius 3 is 2.37 bits per heavy atom. The number of carboxylic acid groups (broad SMARTS) is 1. The van der Waals surface area contributed by atoms with Crippen LogP contribution in [0.2, 0.25) is 0 Å². The van der Waals surface area contributed by atoms with Gasteiger partial charge in [-0.05, 0) is 27.2 Å². The van der Waals surface area contributed by atoms with Gasteiger partial charge in [0.15, 0.2) is 0 Å². The standard InChI is InChI=1S/C12H23NO6/c1-12(2,3)19-11(17)13-9(10(15)16)5-8-18-7-4-6-14/h9,14H,4-8H2,1-3H3,(H,13,17)(H,15,16). The largest absolute Gasteiger partial charge is 0.480 e. The van der Waals surface area contributed by atoms with Crippen LogP contribution in [0.15, 0.2) is 0 Å². The van der Waals surface area contributed by atoms with Crippen molar-refractivity contribution < 1.29 is 29.3 Å². The second-order valence-electron chi connectivity index (χ2n) is 5.02. The van der Waals surface area contributed by atoms with Gasteiger partial charge in [-0.25, -0.2) is 9.59 Å². The predicted molar refractivity (Wildman–Crippen MR) is 67.9 cm³/mol. The average molecular weight is 277 g/mol. The van der Waals surface area contributed by atoms with Crippen molar-refractivity contribution in [3.8, 4) is 0 Å². The molecule has 0 radical (unpaired) electrons. The Hall–Kier alpha value is -1.34. The highest BCUT2D eigenvalue weighted by molar-refractivity contribution is 5.79. The van der Waals surface area contributed by atoms with Crippen molar-refractivity contribution in [1.29, 1.82) is 0 Å². The van der Waals surface area contributed by atoms with Gasteiger partial charge in [0.2, 0.25) is 0 Å².